The fourth-order valence-electron chi connectivity index (χ4n) is 1.59. The normalized spacial score (nSPS) is 15.6. The van der Waals surface area contributed by atoms with E-state index in [4.69, 9.17) is 0 Å². The Morgan fingerprint density at radius 1 is 1.69 bits per heavy atom. The summed E-state index contributed by atoms with van der Waals surface area (Å²) in [7, 11) is 0. The first-order valence-corrected chi connectivity index (χ1v) is 6.07. The summed E-state index contributed by atoms with van der Waals surface area (Å²) in [5, 5.41) is 6.01. The van der Waals surface area contributed by atoms with E-state index in [2.05, 4.69) is 31.5 Å². The number of pyridine rings is 1. The Balaban J connectivity index is 1.92. The third-order valence-corrected chi connectivity index (χ3v) is 3.47. The van der Waals surface area contributed by atoms with E-state index < -0.39 is 0 Å². The van der Waals surface area contributed by atoms with Gasteiger partial charge >= 0.3 is 0 Å². The zero-order chi connectivity index (χ0) is 11.5. The molecule has 16 heavy (non-hydrogen) atoms. The van der Waals surface area contributed by atoms with Crippen LogP contribution in [0, 0.1) is 12.8 Å². The first kappa shape index (κ1) is 11.5. The predicted octanol–water partition coefficient (Wildman–Crippen LogP) is 1.70. The molecule has 0 radical (unpaired) electrons. The second-order valence-electron chi connectivity index (χ2n) is 4.11. The third-order valence-electron chi connectivity index (χ3n) is 2.64. The molecule has 1 saturated heterocycles. The highest BCUT2D eigenvalue weighted by Gasteiger charge is 2.20. The summed E-state index contributed by atoms with van der Waals surface area (Å²) in [5.74, 6) is 0.555. The van der Waals surface area contributed by atoms with E-state index in [0.717, 1.165) is 28.9 Å². The van der Waals surface area contributed by atoms with Crippen molar-refractivity contribution in [1.82, 2.24) is 10.3 Å². The number of carbonyl (C=O) groups is 1. The Morgan fingerprint density at radius 2 is 2.44 bits per heavy atom. The van der Waals surface area contributed by atoms with Gasteiger partial charge in [0.1, 0.15) is 4.60 Å². The number of halogens is 1. The van der Waals surface area contributed by atoms with Gasteiger partial charge in [-0.3, -0.25) is 4.79 Å². The highest BCUT2D eigenvalue weighted by molar-refractivity contribution is 9.10. The molecule has 1 aliphatic rings. The van der Waals surface area contributed by atoms with Crippen LogP contribution in [-0.4, -0.2) is 24.0 Å². The molecular weight excluding hydrogens is 270 g/mol. The molecule has 0 atom stereocenters. The van der Waals surface area contributed by atoms with Gasteiger partial charge < -0.3 is 10.6 Å². The number of amides is 1. The zero-order valence-electron chi connectivity index (χ0n) is 9.09. The maximum absolute atomic E-state index is 11.6. The van der Waals surface area contributed by atoms with E-state index in [0.29, 0.717) is 12.3 Å². The van der Waals surface area contributed by atoms with Gasteiger partial charge in [-0.15, -0.1) is 0 Å². The van der Waals surface area contributed by atoms with E-state index >= 15 is 0 Å². The molecule has 1 aliphatic heterocycles. The van der Waals surface area contributed by atoms with Crippen molar-refractivity contribution >= 4 is 27.5 Å². The second kappa shape index (κ2) is 4.93. The molecule has 2 rings (SSSR count). The topological polar surface area (TPSA) is 54.0 Å². The maximum Gasteiger partial charge on any atom is 0.224 e. The van der Waals surface area contributed by atoms with Gasteiger partial charge in [-0.25, -0.2) is 4.98 Å². The molecule has 4 nitrogen and oxygen atoms in total. The molecule has 1 fully saturated rings. The monoisotopic (exact) mass is 283 g/mol. The van der Waals surface area contributed by atoms with Crippen LogP contribution in [0.15, 0.2) is 16.9 Å². The van der Waals surface area contributed by atoms with Crippen molar-refractivity contribution in [2.24, 2.45) is 5.92 Å². The number of rotatable bonds is 3. The van der Waals surface area contributed by atoms with E-state index in [-0.39, 0.29) is 5.91 Å². The van der Waals surface area contributed by atoms with Crippen molar-refractivity contribution in [2.45, 2.75) is 13.3 Å². The van der Waals surface area contributed by atoms with Crippen LogP contribution in [0.4, 0.5) is 5.69 Å². The number of aryl methyl sites for hydroxylation is 1. The van der Waals surface area contributed by atoms with Crippen LogP contribution >= 0.6 is 15.9 Å². The molecule has 0 spiro atoms. The first-order chi connectivity index (χ1) is 7.65. The van der Waals surface area contributed by atoms with Gasteiger partial charge in [-0.1, -0.05) is 0 Å². The molecule has 0 aliphatic carbocycles. The molecule has 2 heterocycles. The summed E-state index contributed by atoms with van der Waals surface area (Å²) in [6, 6.07) is 1.91. The maximum atomic E-state index is 11.6. The fraction of sp³-hybridized carbons (Fsp3) is 0.455. The number of nitrogens with zero attached hydrogens (tertiary/aromatic N) is 1. The minimum absolute atomic E-state index is 0.0648. The Hall–Kier alpha value is -0.940. The number of nitrogens with one attached hydrogen (secondary N) is 2. The van der Waals surface area contributed by atoms with Crippen molar-refractivity contribution in [3.05, 3.63) is 22.4 Å². The molecule has 1 amide bonds. The van der Waals surface area contributed by atoms with Crippen molar-refractivity contribution in [3.63, 3.8) is 0 Å². The molecule has 0 unspecified atom stereocenters. The van der Waals surface area contributed by atoms with Crippen molar-refractivity contribution < 1.29 is 4.79 Å². The number of aromatic nitrogens is 1. The van der Waals surface area contributed by atoms with Crippen LogP contribution in [0.2, 0.25) is 0 Å². The Labute approximate surface area is 103 Å². The van der Waals surface area contributed by atoms with Gasteiger partial charge in [0.2, 0.25) is 5.91 Å². The SMILES string of the molecule is Cc1cc(NC(=O)CC2CNC2)cnc1Br. The minimum Gasteiger partial charge on any atom is -0.325 e. The van der Waals surface area contributed by atoms with Crippen LogP contribution in [0.25, 0.3) is 0 Å². The molecule has 2 N–H and O–H groups in total. The van der Waals surface area contributed by atoms with E-state index in [1.165, 1.54) is 0 Å². The van der Waals surface area contributed by atoms with Crippen LogP contribution in [-0.2, 0) is 4.79 Å². The van der Waals surface area contributed by atoms with Gasteiger partial charge in [-0.2, -0.15) is 0 Å². The molecule has 0 aromatic carbocycles. The molecule has 1 aromatic rings. The number of anilines is 1. The average molecular weight is 284 g/mol. The lowest BCUT2D eigenvalue weighted by molar-refractivity contribution is -0.117. The first-order valence-electron chi connectivity index (χ1n) is 5.28. The van der Waals surface area contributed by atoms with Crippen LogP contribution < -0.4 is 10.6 Å². The molecular formula is C11H14BrN3O. The smallest absolute Gasteiger partial charge is 0.224 e. The molecule has 0 saturated carbocycles. The molecule has 5 heteroatoms. The summed E-state index contributed by atoms with van der Waals surface area (Å²) in [6.45, 7) is 3.85. The summed E-state index contributed by atoms with van der Waals surface area (Å²) in [6.07, 6.45) is 2.25. The lowest BCUT2D eigenvalue weighted by Gasteiger charge is -2.26. The standard InChI is InChI=1S/C11H14BrN3O/c1-7-2-9(6-14-11(7)12)15-10(16)3-8-4-13-5-8/h2,6,8,13H,3-5H2,1H3,(H,15,16). The fourth-order valence-corrected chi connectivity index (χ4v) is 1.81. The van der Waals surface area contributed by atoms with Crippen LogP contribution in [0.3, 0.4) is 0 Å². The average Bonchev–Trinajstić information content (AvgIpc) is 2.18. The van der Waals surface area contributed by atoms with Crippen molar-refractivity contribution in [3.8, 4) is 0 Å². The Morgan fingerprint density at radius 3 is 3.00 bits per heavy atom. The lowest BCUT2D eigenvalue weighted by atomic mass is 9.99. The van der Waals surface area contributed by atoms with Gasteiger partial charge in [0.15, 0.2) is 0 Å². The van der Waals surface area contributed by atoms with E-state index in [9.17, 15) is 4.79 Å². The summed E-state index contributed by atoms with van der Waals surface area (Å²) in [4.78, 5) is 15.8. The number of hydrogen-bond donors (Lipinski definition) is 2. The predicted molar refractivity (Wildman–Crippen MR) is 66.3 cm³/mol. The summed E-state index contributed by atoms with van der Waals surface area (Å²) in [5.41, 5.74) is 1.78. The largest absolute Gasteiger partial charge is 0.325 e. The summed E-state index contributed by atoms with van der Waals surface area (Å²) < 4.78 is 0.814. The highest BCUT2D eigenvalue weighted by Crippen LogP contribution is 2.17. The molecule has 1 aromatic heterocycles. The van der Waals surface area contributed by atoms with Crippen molar-refractivity contribution in [2.75, 3.05) is 18.4 Å². The zero-order valence-corrected chi connectivity index (χ0v) is 10.7. The quantitative estimate of drug-likeness (QED) is 0.831. The van der Waals surface area contributed by atoms with Crippen LogP contribution in [0.1, 0.15) is 12.0 Å². The van der Waals surface area contributed by atoms with Gasteiger partial charge in [0.05, 0.1) is 11.9 Å². The lowest BCUT2D eigenvalue weighted by Crippen LogP contribution is -2.43. The number of carbonyl (C=O) groups excluding carboxylic acids is 1. The Kier molecular flexibility index (Phi) is 3.56. The Bertz CT molecular complexity index is 404. The van der Waals surface area contributed by atoms with E-state index in [1.807, 2.05) is 13.0 Å². The van der Waals surface area contributed by atoms with Crippen molar-refractivity contribution in [1.29, 1.82) is 0 Å². The van der Waals surface area contributed by atoms with E-state index in [1.54, 1.807) is 6.20 Å². The van der Waals surface area contributed by atoms with Gasteiger partial charge in [0.25, 0.3) is 0 Å². The molecule has 86 valence electrons. The minimum atomic E-state index is 0.0648. The second-order valence-corrected chi connectivity index (χ2v) is 4.86. The van der Waals surface area contributed by atoms with Crippen LogP contribution in [0.5, 0.6) is 0 Å². The summed E-state index contributed by atoms with van der Waals surface area (Å²) >= 11 is 3.32. The highest BCUT2D eigenvalue weighted by atomic mass is 79.9. The number of hydrogen-bond acceptors (Lipinski definition) is 3. The van der Waals surface area contributed by atoms with Gasteiger partial charge in [0, 0.05) is 6.42 Å². The molecule has 0 bridgehead atoms. The third kappa shape index (κ3) is 2.80. The van der Waals surface area contributed by atoms with Gasteiger partial charge in [-0.05, 0) is 53.5 Å².